The summed E-state index contributed by atoms with van der Waals surface area (Å²) < 4.78 is 5.16. The topological polar surface area (TPSA) is 26.3 Å². The molecule has 0 radical (unpaired) electrons. The lowest BCUT2D eigenvalue weighted by molar-refractivity contribution is -0.151. The minimum Gasteiger partial charge on any atom is -0.452 e. The van der Waals surface area contributed by atoms with Gasteiger partial charge in [-0.2, -0.15) is 0 Å². The zero-order chi connectivity index (χ0) is 15.7. The lowest BCUT2D eigenvalue weighted by atomic mass is 9.77. The Morgan fingerprint density at radius 3 is 2.52 bits per heavy atom. The third-order valence-corrected chi connectivity index (χ3v) is 4.16. The molecule has 0 aromatic carbocycles. The highest BCUT2D eigenvalue weighted by Gasteiger charge is 2.23. The van der Waals surface area contributed by atoms with Crippen LogP contribution in [0.25, 0.3) is 0 Å². The molecule has 1 aliphatic carbocycles. The number of hydrogen-bond donors (Lipinski definition) is 0. The first-order chi connectivity index (χ1) is 9.95. The molecule has 2 heteroatoms. The first-order valence-electron chi connectivity index (χ1n) is 8.19. The van der Waals surface area contributed by atoms with Gasteiger partial charge in [0.25, 0.3) is 0 Å². The minimum atomic E-state index is -0.449. The van der Waals surface area contributed by atoms with Crippen LogP contribution >= 0.6 is 0 Å². The number of ether oxygens (including phenoxy) is 1. The van der Waals surface area contributed by atoms with Crippen molar-refractivity contribution < 1.29 is 9.53 Å². The maximum absolute atomic E-state index is 11.6. The number of rotatable bonds is 5. The first-order valence-corrected chi connectivity index (χ1v) is 8.19. The van der Waals surface area contributed by atoms with Crippen molar-refractivity contribution in [1.82, 2.24) is 0 Å². The van der Waals surface area contributed by atoms with E-state index in [9.17, 15) is 4.79 Å². The van der Waals surface area contributed by atoms with E-state index in [0.29, 0.717) is 5.92 Å². The van der Waals surface area contributed by atoms with Gasteiger partial charge in [-0.05, 0) is 39.0 Å². The fourth-order valence-corrected chi connectivity index (χ4v) is 2.83. The number of hydrogen-bond acceptors (Lipinski definition) is 2. The zero-order valence-electron chi connectivity index (χ0n) is 13.9. The molecule has 0 spiro atoms. The summed E-state index contributed by atoms with van der Waals surface area (Å²) in [4.78, 5) is 11.6. The van der Waals surface area contributed by atoms with Crippen molar-refractivity contribution >= 4 is 5.97 Å². The number of carbonyl (C=O) groups excluding carboxylic acids is 1. The van der Waals surface area contributed by atoms with E-state index in [1.165, 1.54) is 32.1 Å². The zero-order valence-corrected chi connectivity index (χ0v) is 13.9. The monoisotopic (exact) mass is 290 g/mol. The van der Waals surface area contributed by atoms with Crippen molar-refractivity contribution in [1.29, 1.82) is 0 Å². The van der Waals surface area contributed by atoms with E-state index in [-0.39, 0.29) is 12.6 Å². The summed E-state index contributed by atoms with van der Waals surface area (Å²) in [6.45, 7) is 9.64. The summed E-state index contributed by atoms with van der Waals surface area (Å²) >= 11 is 0. The van der Waals surface area contributed by atoms with E-state index in [4.69, 9.17) is 4.74 Å². The molecule has 0 amide bonds. The van der Waals surface area contributed by atoms with Crippen molar-refractivity contribution in [2.24, 2.45) is 17.3 Å². The van der Waals surface area contributed by atoms with Gasteiger partial charge in [0.05, 0.1) is 5.41 Å². The van der Waals surface area contributed by atoms with Crippen molar-refractivity contribution in [3.05, 3.63) is 12.7 Å². The molecule has 1 unspecified atom stereocenters. The Morgan fingerprint density at radius 1 is 1.29 bits per heavy atom. The van der Waals surface area contributed by atoms with E-state index in [0.717, 1.165) is 18.8 Å². The van der Waals surface area contributed by atoms with Gasteiger partial charge in [0.15, 0.2) is 6.61 Å². The second-order valence-corrected chi connectivity index (χ2v) is 7.07. The van der Waals surface area contributed by atoms with E-state index in [1.54, 1.807) is 0 Å². The number of carbonyl (C=O) groups is 1. The van der Waals surface area contributed by atoms with Crippen molar-refractivity contribution in [3.63, 3.8) is 0 Å². The normalized spacial score (nSPS) is 17.5. The molecular formula is C19H30O2. The van der Waals surface area contributed by atoms with Crippen LogP contribution in [0.15, 0.2) is 12.7 Å². The fourth-order valence-electron chi connectivity index (χ4n) is 2.83. The van der Waals surface area contributed by atoms with Crippen LogP contribution in [-0.2, 0) is 9.53 Å². The Morgan fingerprint density at radius 2 is 1.95 bits per heavy atom. The molecule has 0 bridgehead atoms. The fraction of sp³-hybridized carbons (Fsp3) is 0.737. The highest BCUT2D eigenvalue weighted by Crippen LogP contribution is 2.33. The van der Waals surface area contributed by atoms with Gasteiger partial charge in [-0.3, -0.25) is 4.79 Å². The highest BCUT2D eigenvalue weighted by atomic mass is 16.5. The molecule has 0 saturated heterocycles. The summed E-state index contributed by atoms with van der Waals surface area (Å²) in [6, 6.07) is 0. The van der Waals surface area contributed by atoms with E-state index >= 15 is 0 Å². The standard InChI is InChI=1S/C19H30O2/c1-5-11-16(17-12-7-6-8-13-17)14-9-10-15-21-18(20)19(2,3)4/h5,16-17H,1,6-8,11-15H2,2-4H3. The van der Waals surface area contributed by atoms with Crippen molar-refractivity contribution in [2.75, 3.05) is 6.61 Å². The molecule has 1 fully saturated rings. The molecule has 1 rings (SSSR count). The predicted molar refractivity (Wildman–Crippen MR) is 87.7 cm³/mol. The van der Waals surface area contributed by atoms with Gasteiger partial charge in [0.1, 0.15) is 0 Å². The second-order valence-electron chi connectivity index (χ2n) is 7.07. The lowest BCUT2D eigenvalue weighted by Gasteiger charge is -2.28. The SMILES string of the molecule is C=CCC(CC#CCOC(=O)C(C)(C)C)C1CCCCC1. The van der Waals surface area contributed by atoms with Crippen LogP contribution in [0.1, 0.15) is 65.7 Å². The van der Waals surface area contributed by atoms with Gasteiger partial charge in [-0.25, -0.2) is 0 Å². The summed E-state index contributed by atoms with van der Waals surface area (Å²) in [5.74, 6) is 7.41. The maximum atomic E-state index is 11.6. The van der Waals surface area contributed by atoms with Crippen molar-refractivity contribution in [3.8, 4) is 11.8 Å². The van der Waals surface area contributed by atoms with Crippen LogP contribution < -0.4 is 0 Å². The molecule has 0 aromatic rings. The van der Waals surface area contributed by atoms with Crippen LogP contribution in [0.3, 0.4) is 0 Å². The van der Waals surface area contributed by atoms with E-state index < -0.39 is 5.41 Å². The molecule has 21 heavy (non-hydrogen) atoms. The smallest absolute Gasteiger partial charge is 0.312 e. The first kappa shape index (κ1) is 17.8. The highest BCUT2D eigenvalue weighted by molar-refractivity contribution is 5.75. The molecule has 0 aliphatic heterocycles. The Hall–Kier alpha value is -1.23. The average molecular weight is 290 g/mol. The predicted octanol–water partition coefficient (Wildman–Crippen LogP) is 4.74. The third-order valence-electron chi connectivity index (χ3n) is 4.16. The van der Waals surface area contributed by atoms with Crippen LogP contribution in [0, 0.1) is 29.1 Å². The molecule has 0 heterocycles. The molecule has 1 saturated carbocycles. The lowest BCUT2D eigenvalue weighted by Crippen LogP contribution is -2.23. The largest absolute Gasteiger partial charge is 0.452 e. The Bertz CT molecular complexity index is 386. The molecule has 118 valence electrons. The second kappa shape index (κ2) is 8.93. The Balaban J connectivity index is 2.38. The Kier molecular flexibility index (Phi) is 7.57. The van der Waals surface area contributed by atoms with Crippen LogP contribution in [0.4, 0.5) is 0 Å². The van der Waals surface area contributed by atoms with Gasteiger partial charge in [0.2, 0.25) is 0 Å². The summed E-state index contributed by atoms with van der Waals surface area (Å²) in [7, 11) is 0. The summed E-state index contributed by atoms with van der Waals surface area (Å²) in [5, 5.41) is 0. The van der Waals surface area contributed by atoms with E-state index in [2.05, 4.69) is 18.4 Å². The molecule has 0 N–H and O–H groups in total. The average Bonchev–Trinajstić information content (AvgIpc) is 2.45. The van der Waals surface area contributed by atoms with Crippen LogP contribution in [-0.4, -0.2) is 12.6 Å². The third kappa shape index (κ3) is 6.85. The van der Waals surface area contributed by atoms with Gasteiger partial charge >= 0.3 is 5.97 Å². The van der Waals surface area contributed by atoms with Crippen molar-refractivity contribution in [2.45, 2.75) is 65.7 Å². The number of allylic oxidation sites excluding steroid dienone is 1. The minimum absolute atomic E-state index is 0.188. The molecule has 1 aliphatic rings. The Labute approximate surface area is 130 Å². The van der Waals surface area contributed by atoms with Crippen LogP contribution in [0.5, 0.6) is 0 Å². The summed E-state index contributed by atoms with van der Waals surface area (Å²) in [6.07, 6.45) is 10.7. The van der Waals surface area contributed by atoms with Crippen LogP contribution in [0.2, 0.25) is 0 Å². The quantitative estimate of drug-likeness (QED) is 0.415. The molecule has 2 nitrogen and oxygen atoms in total. The number of esters is 1. The van der Waals surface area contributed by atoms with Gasteiger partial charge < -0.3 is 4.74 Å². The molecule has 1 atom stereocenters. The van der Waals surface area contributed by atoms with Gasteiger partial charge in [0, 0.05) is 6.42 Å². The molecule has 0 aromatic heterocycles. The van der Waals surface area contributed by atoms with E-state index in [1.807, 2.05) is 26.8 Å². The summed E-state index contributed by atoms with van der Waals surface area (Å²) in [5.41, 5.74) is -0.449. The molecular weight excluding hydrogens is 260 g/mol. The van der Waals surface area contributed by atoms with Gasteiger partial charge in [-0.15, -0.1) is 6.58 Å². The van der Waals surface area contributed by atoms with Gasteiger partial charge in [-0.1, -0.05) is 50.0 Å². The maximum Gasteiger partial charge on any atom is 0.312 e.